The first kappa shape index (κ1) is 13.0. The van der Waals surface area contributed by atoms with E-state index in [4.69, 9.17) is 0 Å². The van der Waals surface area contributed by atoms with Crippen LogP contribution in [-0.2, 0) is 11.0 Å². The monoisotopic (exact) mass is 298 g/mol. The molecule has 0 unspecified atom stereocenters. The van der Waals surface area contributed by atoms with Crippen molar-refractivity contribution in [1.82, 2.24) is 0 Å². The van der Waals surface area contributed by atoms with Crippen LogP contribution in [0.1, 0.15) is 0 Å². The third-order valence-corrected chi connectivity index (χ3v) is 2.26. The van der Waals surface area contributed by atoms with Crippen LogP contribution in [0.3, 0.4) is 0 Å². The van der Waals surface area contributed by atoms with Crippen LogP contribution in [-0.4, -0.2) is 53.9 Å². The van der Waals surface area contributed by atoms with Crippen LogP contribution in [0, 0.1) is 0 Å². The van der Waals surface area contributed by atoms with Crippen molar-refractivity contribution in [2.75, 3.05) is 0 Å². The van der Waals surface area contributed by atoms with Crippen LogP contribution in [0.25, 0.3) is 10.8 Å². The van der Waals surface area contributed by atoms with Crippen molar-refractivity contribution in [3.05, 3.63) is 42.5 Å². The first-order valence-corrected chi connectivity index (χ1v) is 5.16. The molecule has 0 aliphatic heterocycles. The van der Waals surface area contributed by atoms with E-state index in [0.717, 1.165) is 10.8 Å². The number of hydrogen-bond acceptors (Lipinski definition) is 3. The van der Waals surface area contributed by atoms with Crippen LogP contribution in [0.4, 0.5) is 0 Å². The summed E-state index contributed by atoms with van der Waals surface area (Å²) in [4.78, 5) is 0. The van der Waals surface area contributed by atoms with Crippen molar-refractivity contribution in [2.24, 2.45) is 0 Å². The van der Waals surface area contributed by atoms with Crippen LogP contribution >= 0.6 is 0 Å². The van der Waals surface area contributed by atoms with Gasteiger partial charge in [0, 0.05) is 0 Å². The summed E-state index contributed by atoms with van der Waals surface area (Å²) in [7, 11) is -2.83. The number of benzene rings is 2. The number of rotatable bonds is 2. The summed E-state index contributed by atoms with van der Waals surface area (Å²) in [6.45, 7) is 0. The van der Waals surface area contributed by atoms with Gasteiger partial charge in [0.1, 0.15) is 5.75 Å². The first-order valence-electron chi connectivity index (χ1n) is 4.07. The van der Waals surface area contributed by atoms with Crippen LogP contribution in [0.2, 0.25) is 0 Å². The Hall–Kier alpha value is -0.0695. The molecule has 0 saturated carbocycles. The number of thiol groups is 1. The Balaban J connectivity index is 0.00000112. The minimum absolute atomic E-state index is 0. The Morgan fingerprint density at radius 3 is 2.27 bits per heavy atom. The SMILES string of the molecule is O=[SH](=O)Oc1ccc2ccccc2c1.[SrH2]. The maximum absolute atomic E-state index is 10.3. The van der Waals surface area contributed by atoms with Gasteiger partial charge in [0.15, 0.2) is 0 Å². The molecule has 0 bridgehead atoms. The minimum atomic E-state index is -2.83. The zero-order chi connectivity index (χ0) is 9.97. The van der Waals surface area contributed by atoms with Crippen molar-refractivity contribution in [3.8, 4) is 5.75 Å². The van der Waals surface area contributed by atoms with E-state index in [2.05, 4.69) is 4.18 Å². The Bertz CT molecular complexity index is 529. The van der Waals surface area contributed by atoms with Gasteiger partial charge >= 0.3 is 45.5 Å². The van der Waals surface area contributed by atoms with E-state index < -0.39 is 11.0 Å². The Labute approximate surface area is 126 Å². The molecule has 0 heterocycles. The van der Waals surface area contributed by atoms with Gasteiger partial charge in [0.05, 0.1) is 0 Å². The molecule has 0 aliphatic carbocycles. The molecular formula is C10H10O3SSr. The van der Waals surface area contributed by atoms with Gasteiger partial charge in [-0.05, 0) is 22.9 Å². The van der Waals surface area contributed by atoms with Crippen molar-refractivity contribution >= 4 is 67.2 Å². The topological polar surface area (TPSA) is 43.4 Å². The van der Waals surface area contributed by atoms with Gasteiger partial charge in [0.2, 0.25) is 0 Å². The molecule has 2 aromatic carbocycles. The fourth-order valence-corrected chi connectivity index (χ4v) is 1.60. The summed E-state index contributed by atoms with van der Waals surface area (Å²) >= 11 is 0. The van der Waals surface area contributed by atoms with Crippen molar-refractivity contribution in [3.63, 3.8) is 0 Å². The van der Waals surface area contributed by atoms with Crippen molar-refractivity contribution in [2.45, 2.75) is 0 Å². The van der Waals surface area contributed by atoms with Crippen molar-refractivity contribution in [1.29, 1.82) is 0 Å². The third kappa shape index (κ3) is 3.46. The molecule has 5 heteroatoms. The summed E-state index contributed by atoms with van der Waals surface area (Å²) in [5.41, 5.74) is 0. The molecule has 0 amide bonds. The molecule has 0 aliphatic rings. The maximum atomic E-state index is 10.3. The molecule has 0 aromatic heterocycles. The fraction of sp³-hybridized carbons (Fsp3) is 0. The zero-order valence-electron chi connectivity index (χ0n) is 7.21. The molecule has 0 saturated heterocycles. The van der Waals surface area contributed by atoms with Gasteiger partial charge in [0.25, 0.3) is 11.0 Å². The van der Waals surface area contributed by atoms with Gasteiger partial charge < -0.3 is 4.18 Å². The summed E-state index contributed by atoms with van der Waals surface area (Å²) in [6.07, 6.45) is 0. The van der Waals surface area contributed by atoms with E-state index >= 15 is 0 Å². The molecule has 0 spiro atoms. The molecule has 0 atom stereocenters. The van der Waals surface area contributed by atoms with Gasteiger partial charge in [-0.2, -0.15) is 8.42 Å². The summed E-state index contributed by atoms with van der Waals surface area (Å²) in [5, 5.41) is 2.02. The van der Waals surface area contributed by atoms with Crippen LogP contribution in [0.15, 0.2) is 42.5 Å². The summed E-state index contributed by atoms with van der Waals surface area (Å²) < 4.78 is 25.2. The van der Waals surface area contributed by atoms with Crippen LogP contribution in [0.5, 0.6) is 5.75 Å². The summed E-state index contributed by atoms with van der Waals surface area (Å²) in [6, 6.07) is 12.8. The molecule has 0 fully saturated rings. The second-order valence-corrected chi connectivity index (χ2v) is 3.45. The Morgan fingerprint density at radius 1 is 0.933 bits per heavy atom. The molecule has 0 radical (unpaired) electrons. The first-order chi connectivity index (χ1) is 6.75. The normalized spacial score (nSPS) is 9.93. The molecule has 15 heavy (non-hydrogen) atoms. The van der Waals surface area contributed by atoms with Crippen LogP contribution < -0.4 is 4.18 Å². The Morgan fingerprint density at radius 2 is 1.60 bits per heavy atom. The van der Waals surface area contributed by atoms with E-state index in [1.807, 2.05) is 30.3 Å². The van der Waals surface area contributed by atoms with E-state index in [1.54, 1.807) is 12.1 Å². The fourth-order valence-electron chi connectivity index (χ4n) is 1.31. The van der Waals surface area contributed by atoms with Gasteiger partial charge in [-0.3, -0.25) is 0 Å². The number of fused-ring (bicyclic) bond motifs is 1. The van der Waals surface area contributed by atoms with Crippen molar-refractivity contribution < 1.29 is 12.6 Å². The Kier molecular flexibility index (Phi) is 5.08. The zero-order valence-corrected chi connectivity index (χ0v) is 8.11. The molecule has 2 aromatic rings. The predicted octanol–water partition coefficient (Wildman–Crippen LogP) is 0.829. The number of hydrogen-bond donors (Lipinski definition) is 1. The van der Waals surface area contributed by atoms with E-state index in [9.17, 15) is 8.42 Å². The third-order valence-electron chi connectivity index (χ3n) is 1.90. The predicted molar refractivity (Wildman–Crippen MR) is 63.4 cm³/mol. The van der Waals surface area contributed by atoms with Gasteiger partial charge in [-0.1, -0.05) is 30.3 Å². The average Bonchev–Trinajstić information content (AvgIpc) is 2.17. The second-order valence-electron chi connectivity index (χ2n) is 2.82. The molecular weight excluding hydrogens is 288 g/mol. The standard InChI is InChI=1S/C10H8O3S.Sr.2H/c11-14(12)13-10-6-5-8-3-1-2-4-9(8)7-10;;;/h1-7,14H;;;. The quantitative estimate of drug-likeness (QED) is 0.659. The van der Waals surface area contributed by atoms with E-state index in [0.29, 0.717) is 5.75 Å². The van der Waals surface area contributed by atoms with Gasteiger partial charge in [-0.25, -0.2) is 0 Å². The second kappa shape index (κ2) is 5.86. The van der Waals surface area contributed by atoms with Gasteiger partial charge in [-0.15, -0.1) is 0 Å². The average molecular weight is 298 g/mol. The molecule has 3 nitrogen and oxygen atoms in total. The molecule has 76 valence electrons. The molecule has 2 rings (SSSR count). The summed E-state index contributed by atoms with van der Waals surface area (Å²) in [5.74, 6) is 0.347. The van der Waals surface area contributed by atoms with E-state index in [-0.39, 0.29) is 45.5 Å². The van der Waals surface area contributed by atoms with E-state index in [1.165, 1.54) is 0 Å². The molecule has 0 N–H and O–H groups in total.